The van der Waals surface area contributed by atoms with Gasteiger partial charge in [-0.3, -0.25) is 0 Å². The molecule has 78 valence electrons. The number of rotatable bonds is 3. The van der Waals surface area contributed by atoms with Crippen LogP contribution >= 0.6 is 15.9 Å². The zero-order valence-electron chi connectivity index (χ0n) is 8.17. The molecule has 0 saturated carbocycles. The Balaban J connectivity index is 2.82. The predicted molar refractivity (Wildman–Crippen MR) is 63.0 cm³/mol. The molecule has 1 aromatic carbocycles. The first-order valence-corrected chi connectivity index (χ1v) is 5.10. The van der Waals surface area contributed by atoms with E-state index in [1.165, 1.54) is 0 Å². The molecule has 0 aliphatic heterocycles. The molecule has 0 aliphatic carbocycles. The summed E-state index contributed by atoms with van der Waals surface area (Å²) in [7, 11) is 0. The first-order valence-electron chi connectivity index (χ1n) is 4.31. The van der Waals surface area contributed by atoms with Gasteiger partial charge in [0.2, 0.25) is 0 Å². The molecule has 0 radical (unpaired) electrons. The lowest BCUT2D eigenvalue weighted by Gasteiger charge is -2.05. The van der Waals surface area contributed by atoms with Crippen molar-refractivity contribution in [2.24, 2.45) is 0 Å². The van der Waals surface area contributed by atoms with Crippen molar-refractivity contribution in [3.8, 4) is 11.8 Å². The number of halogens is 1. The number of carbonyl (C=O) groups is 1. The van der Waals surface area contributed by atoms with Gasteiger partial charge in [0.15, 0.2) is 0 Å². The predicted octanol–water partition coefficient (Wildman–Crippen LogP) is 2.58. The summed E-state index contributed by atoms with van der Waals surface area (Å²) in [6, 6.07) is 4.82. The Hall–Kier alpha value is -1.47. The highest BCUT2D eigenvalue weighted by Gasteiger charge is 2.05. The topological polar surface area (TPSA) is 49.3 Å². The number of benzene rings is 1. The second kappa shape index (κ2) is 5.42. The minimum atomic E-state index is -0.935. The molecule has 2 N–H and O–H groups in total. The van der Waals surface area contributed by atoms with Gasteiger partial charge in [0.25, 0.3) is 0 Å². The van der Waals surface area contributed by atoms with Crippen LogP contribution in [0.2, 0.25) is 0 Å². The fourth-order valence-electron chi connectivity index (χ4n) is 1.02. The summed E-state index contributed by atoms with van der Waals surface area (Å²) in [5.74, 6) is 4.69. The molecule has 0 aliphatic rings. The van der Waals surface area contributed by atoms with Gasteiger partial charge < -0.3 is 10.4 Å². The lowest BCUT2D eigenvalue weighted by molar-refractivity contribution is 0.0697. The van der Waals surface area contributed by atoms with Gasteiger partial charge in [0, 0.05) is 10.2 Å². The number of carboxylic acid groups (broad SMARTS) is 1. The van der Waals surface area contributed by atoms with E-state index < -0.39 is 5.97 Å². The van der Waals surface area contributed by atoms with Gasteiger partial charge >= 0.3 is 5.97 Å². The largest absolute Gasteiger partial charge is 0.478 e. The highest BCUT2D eigenvalue weighted by atomic mass is 79.9. The lowest BCUT2D eigenvalue weighted by atomic mass is 10.2. The first kappa shape index (κ1) is 11.6. The second-order valence-electron chi connectivity index (χ2n) is 2.78. The number of anilines is 1. The van der Waals surface area contributed by atoms with Crippen LogP contribution in [-0.2, 0) is 0 Å². The quantitative estimate of drug-likeness (QED) is 0.828. The fourth-order valence-corrected chi connectivity index (χ4v) is 1.54. The second-order valence-corrected chi connectivity index (χ2v) is 3.63. The van der Waals surface area contributed by atoms with E-state index in [0.717, 1.165) is 10.2 Å². The van der Waals surface area contributed by atoms with Crippen LogP contribution in [0.3, 0.4) is 0 Å². The van der Waals surface area contributed by atoms with Gasteiger partial charge in [0.1, 0.15) is 0 Å². The molecule has 0 amide bonds. The van der Waals surface area contributed by atoms with Gasteiger partial charge in [-0.25, -0.2) is 4.79 Å². The van der Waals surface area contributed by atoms with Crippen molar-refractivity contribution in [3.05, 3.63) is 28.2 Å². The Morgan fingerprint density at radius 1 is 1.60 bits per heavy atom. The molecule has 1 rings (SSSR count). The average Bonchev–Trinajstić information content (AvgIpc) is 2.20. The molecule has 0 atom stereocenters. The Labute approximate surface area is 96.6 Å². The molecule has 0 saturated heterocycles. The van der Waals surface area contributed by atoms with Crippen molar-refractivity contribution in [2.75, 3.05) is 11.9 Å². The molecule has 0 bridgehead atoms. The van der Waals surface area contributed by atoms with Gasteiger partial charge in [-0.05, 0) is 41.1 Å². The van der Waals surface area contributed by atoms with E-state index in [4.69, 9.17) is 5.11 Å². The molecular formula is C11H10BrNO2. The zero-order chi connectivity index (χ0) is 11.3. The van der Waals surface area contributed by atoms with Gasteiger partial charge in [-0.2, -0.15) is 0 Å². The van der Waals surface area contributed by atoms with Crippen LogP contribution in [-0.4, -0.2) is 17.6 Å². The van der Waals surface area contributed by atoms with Crippen molar-refractivity contribution in [1.82, 2.24) is 0 Å². The Morgan fingerprint density at radius 2 is 2.33 bits per heavy atom. The molecule has 3 nitrogen and oxygen atoms in total. The van der Waals surface area contributed by atoms with Crippen LogP contribution in [0.4, 0.5) is 5.69 Å². The van der Waals surface area contributed by atoms with E-state index in [-0.39, 0.29) is 5.56 Å². The first-order chi connectivity index (χ1) is 7.15. The maximum absolute atomic E-state index is 10.7. The van der Waals surface area contributed by atoms with E-state index in [2.05, 4.69) is 33.1 Å². The number of aromatic carboxylic acids is 1. The van der Waals surface area contributed by atoms with Crippen LogP contribution < -0.4 is 5.32 Å². The van der Waals surface area contributed by atoms with Crippen molar-refractivity contribution < 1.29 is 9.90 Å². The average molecular weight is 268 g/mol. The van der Waals surface area contributed by atoms with Crippen LogP contribution in [0.1, 0.15) is 17.3 Å². The van der Waals surface area contributed by atoms with Gasteiger partial charge in [-0.1, -0.05) is 5.92 Å². The molecule has 4 heteroatoms. The van der Waals surface area contributed by atoms with Crippen molar-refractivity contribution in [3.63, 3.8) is 0 Å². The SMILES string of the molecule is CC#CCNc1ccc(C(=O)O)cc1Br. The molecule has 0 heterocycles. The molecule has 1 aromatic rings. The molecule has 0 unspecified atom stereocenters. The van der Waals surface area contributed by atoms with Crippen LogP contribution in [0, 0.1) is 11.8 Å². The minimum Gasteiger partial charge on any atom is -0.478 e. The van der Waals surface area contributed by atoms with Crippen molar-refractivity contribution in [1.29, 1.82) is 0 Å². The summed E-state index contributed by atoms with van der Waals surface area (Å²) in [5.41, 5.74) is 1.09. The number of carboxylic acids is 1. The Morgan fingerprint density at radius 3 is 2.87 bits per heavy atom. The number of hydrogen-bond donors (Lipinski definition) is 2. The molecule has 0 fully saturated rings. The maximum atomic E-state index is 10.7. The van der Waals surface area contributed by atoms with Crippen LogP contribution in [0.25, 0.3) is 0 Å². The van der Waals surface area contributed by atoms with Crippen LogP contribution in [0.15, 0.2) is 22.7 Å². The van der Waals surface area contributed by atoms with E-state index in [1.807, 2.05) is 0 Å². The highest BCUT2D eigenvalue weighted by Crippen LogP contribution is 2.23. The van der Waals surface area contributed by atoms with Gasteiger partial charge in [-0.15, -0.1) is 5.92 Å². The summed E-state index contributed by atoms with van der Waals surface area (Å²) in [5, 5.41) is 11.8. The fraction of sp³-hybridized carbons (Fsp3) is 0.182. The minimum absolute atomic E-state index is 0.258. The molecule has 0 spiro atoms. The monoisotopic (exact) mass is 267 g/mol. The Kier molecular flexibility index (Phi) is 4.19. The summed E-state index contributed by atoms with van der Waals surface area (Å²) in [6.45, 7) is 2.31. The third-order valence-electron chi connectivity index (χ3n) is 1.76. The van der Waals surface area contributed by atoms with E-state index in [9.17, 15) is 4.79 Å². The number of nitrogens with one attached hydrogen (secondary N) is 1. The third-order valence-corrected chi connectivity index (χ3v) is 2.42. The highest BCUT2D eigenvalue weighted by molar-refractivity contribution is 9.10. The Bertz CT molecular complexity index is 432. The third kappa shape index (κ3) is 3.30. The standard InChI is InChI=1S/C11H10BrNO2/c1-2-3-6-13-10-5-4-8(11(14)15)7-9(10)12/h4-5,7,13H,6H2,1H3,(H,14,15). The van der Waals surface area contributed by atoms with Crippen LogP contribution in [0.5, 0.6) is 0 Å². The smallest absolute Gasteiger partial charge is 0.335 e. The summed E-state index contributed by atoms with van der Waals surface area (Å²) < 4.78 is 0.723. The van der Waals surface area contributed by atoms with Crippen molar-refractivity contribution in [2.45, 2.75) is 6.92 Å². The van der Waals surface area contributed by atoms with E-state index >= 15 is 0 Å². The zero-order valence-corrected chi connectivity index (χ0v) is 9.76. The van der Waals surface area contributed by atoms with E-state index in [1.54, 1.807) is 25.1 Å². The maximum Gasteiger partial charge on any atom is 0.335 e. The molecular weight excluding hydrogens is 258 g/mol. The molecule has 0 aromatic heterocycles. The lowest BCUT2D eigenvalue weighted by Crippen LogP contribution is -2.01. The summed E-state index contributed by atoms with van der Waals surface area (Å²) in [6.07, 6.45) is 0. The molecule has 15 heavy (non-hydrogen) atoms. The number of hydrogen-bond acceptors (Lipinski definition) is 2. The van der Waals surface area contributed by atoms with Gasteiger partial charge in [0.05, 0.1) is 12.1 Å². The van der Waals surface area contributed by atoms with Crippen molar-refractivity contribution >= 4 is 27.6 Å². The normalized spacial score (nSPS) is 8.93. The van der Waals surface area contributed by atoms with E-state index in [0.29, 0.717) is 6.54 Å². The summed E-state index contributed by atoms with van der Waals surface area (Å²) in [4.78, 5) is 10.7. The summed E-state index contributed by atoms with van der Waals surface area (Å²) >= 11 is 3.29.